The van der Waals surface area contributed by atoms with E-state index in [4.69, 9.17) is 4.42 Å². The minimum absolute atomic E-state index is 0.0158. The van der Waals surface area contributed by atoms with Gasteiger partial charge < -0.3 is 14.6 Å². The molecule has 1 aromatic carbocycles. The van der Waals surface area contributed by atoms with Gasteiger partial charge in [-0.25, -0.2) is 9.36 Å². The molecule has 0 bridgehead atoms. The second kappa shape index (κ2) is 9.71. The Hall–Kier alpha value is -3.36. The Morgan fingerprint density at radius 3 is 2.51 bits per heavy atom. The van der Waals surface area contributed by atoms with Gasteiger partial charge >= 0.3 is 5.69 Å². The van der Waals surface area contributed by atoms with Crippen LogP contribution in [0.1, 0.15) is 58.3 Å². The molecule has 3 heterocycles. The van der Waals surface area contributed by atoms with Crippen molar-refractivity contribution in [2.75, 3.05) is 6.54 Å². The number of aromatic nitrogens is 2. The van der Waals surface area contributed by atoms with Crippen molar-refractivity contribution in [3.8, 4) is 0 Å². The van der Waals surface area contributed by atoms with Gasteiger partial charge in [0.15, 0.2) is 0 Å². The average molecular weight is 481 g/mol. The fourth-order valence-corrected chi connectivity index (χ4v) is 5.65. The lowest BCUT2D eigenvalue weighted by molar-refractivity contribution is -0.135. The molecule has 2 aliphatic rings. The number of para-hydroxylation sites is 1. The van der Waals surface area contributed by atoms with Crippen molar-refractivity contribution in [2.45, 2.75) is 83.5 Å². The molecule has 1 aliphatic heterocycles. The van der Waals surface area contributed by atoms with Crippen LogP contribution >= 0.6 is 0 Å². The Bertz CT molecular complexity index is 1380. The lowest BCUT2D eigenvalue weighted by Gasteiger charge is -2.35. The summed E-state index contributed by atoms with van der Waals surface area (Å²) < 4.78 is 8.07. The van der Waals surface area contributed by atoms with E-state index in [0.29, 0.717) is 23.0 Å². The number of amides is 2. The molecule has 5 rings (SSSR count). The number of nitrogens with one attached hydrogen (secondary N) is 1. The van der Waals surface area contributed by atoms with Crippen LogP contribution in [0.3, 0.4) is 0 Å². The number of furan rings is 1. The van der Waals surface area contributed by atoms with Gasteiger partial charge in [0.1, 0.15) is 24.2 Å². The van der Waals surface area contributed by atoms with Crippen molar-refractivity contribution < 1.29 is 14.0 Å². The SMILES string of the molecule is CC[C@@H]1CCCCN1C(=O)Cn1c(=O)n(CC(=O)NC2CCCC2)c(=O)c2oc3ccccc3c21. The van der Waals surface area contributed by atoms with E-state index in [1.54, 1.807) is 24.3 Å². The topological polar surface area (TPSA) is 107 Å². The fraction of sp³-hybridized carbons (Fsp3) is 0.538. The highest BCUT2D eigenvalue weighted by atomic mass is 16.3. The molecule has 2 aromatic heterocycles. The molecule has 9 nitrogen and oxygen atoms in total. The summed E-state index contributed by atoms with van der Waals surface area (Å²) in [6.45, 7) is 2.11. The molecule has 1 N–H and O–H groups in total. The minimum atomic E-state index is -0.672. The second-order valence-corrected chi connectivity index (χ2v) is 9.73. The van der Waals surface area contributed by atoms with E-state index in [0.717, 1.165) is 55.9 Å². The Morgan fingerprint density at radius 2 is 1.74 bits per heavy atom. The summed E-state index contributed by atoms with van der Waals surface area (Å²) in [6, 6.07) is 7.29. The molecule has 1 saturated carbocycles. The molecule has 186 valence electrons. The van der Waals surface area contributed by atoms with Crippen LogP contribution < -0.4 is 16.6 Å². The zero-order valence-corrected chi connectivity index (χ0v) is 20.1. The van der Waals surface area contributed by atoms with E-state index < -0.39 is 17.8 Å². The molecule has 0 unspecified atom stereocenters. The smallest absolute Gasteiger partial charge is 0.332 e. The van der Waals surface area contributed by atoms with Crippen molar-refractivity contribution in [3.05, 3.63) is 45.1 Å². The van der Waals surface area contributed by atoms with Crippen LogP contribution in [0, 0.1) is 0 Å². The van der Waals surface area contributed by atoms with Crippen molar-refractivity contribution in [3.63, 3.8) is 0 Å². The van der Waals surface area contributed by atoms with Crippen molar-refractivity contribution in [2.24, 2.45) is 0 Å². The maximum Gasteiger partial charge on any atom is 0.332 e. The molecule has 2 fully saturated rings. The maximum atomic E-state index is 13.6. The number of likely N-dealkylation sites (tertiary alicyclic amines) is 1. The monoisotopic (exact) mass is 480 g/mol. The summed E-state index contributed by atoms with van der Waals surface area (Å²) in [5.41, 5.74) is -0.581. The predicted molar refractivity (Wildman–Crippen MR) is 132 cm³/mol. The first-order chi connectivity index (χ1) is 17.0. The number of carbonyl (C=O) groups excluding carboxylic acids is 2. The summed E-state index contributed by atoms with van der Waals surface area (Å²) >= 11 is 0. The van der Waals surface area contributed by atoms with E-state index in [1.807, 2.05) is 4.90 Å². The molecule has 1 aliphatic carbocycles. The molecular formula is C26H32N4O5. The van der Waals surface area contributed by atoms with Crippen LogP contribution in [0.25, 0.3) is 22.1 Å². The Morgan fingerprint density at radius 1 is 1.00 bits per heavy atom. The summed E-state index contributed by atoms with van der Waals surface area (Å²) in [4.78, 5) is 54.9. The first-order valence-electron chi connectivity index (χ1n) is 12.7. The Balaban J connectivity index is 1.58. The Labute approximate surface area is 202 Å². The number of hydrogen-bond donors (Lipinski definition) is 1. The summed E-state index contributed by atoms with van der Waals surface area (Å²) in [7, 11) is 0. The summed E-state index contributed by atoms with van der Waals surface area (Å²) in [5.74, 6) is -0.544. The number of carbonyl (C=O) groups is 2. The Kier molecular flexibility index (Phi) is 6.49. The molecule has 3 aromatic rings. The summed E-state index contributed by atoms with van der Waals surface area (Å²) in [5, 5.41) is 3.52. The normalized spacial score (nSPS) is 19.0. The van der Waals surface area contributed by atoms with Gasteiger partial charge in [-0.15, -0.1) is 0 Å². The zero-order valence-electron chi connectivity index (χ0n) is 20.1. The van der Waals surface area contributed by atoms with Crippen molar-refractivity contribution >= 4 is 33.9 Å². The van der Waals surface area contributed by atoms with Crippen LogP contribution in [0.4, 0.5) is 0 Å². The van der Waals surface area contributed by atoms with Crippen molar-refractivity contribution in [1.29, 1.82) is 0 Å². The predicted octanol–water partition coefficient (Wildman–Crippen LogP) is 2.76. The van der Waals surface area contributed by atoms with Gasteiger partial charge in [0.05, 0.1) is 0 Å². The molecule has 35 heavy (non-hydrogen) atoms. The largest absolute Gasteiger partial charge is 0.449 e. The van der Waals surface area contributed by atoms with Crippen molar-refractivity contribution in [1.82, 2.24) is 19.4 Å². The van der Waals surface area contributed by atoms with Gasteiger partial charge in [-0.05, 0) is 50.7 Å². The molecule has 1 atom stereocenters. The average Bonchev–Trinajstić information content (AvgIpc) is 3.52. The van der Waals surface area contributed by atoms with E-state index in [-0.39, 0.29) is 36.0 Å². The van der Waals surface area contributed by atoms with E-state index >= 15 is 0 Å². The molecule has 1 saturated heterocycles. The maximum absolute atomic E-state index is 13.6. The molecule has 9 heteroatoms. The quantitative estimate of drug-likeness (QED) is 0.584. The standard InChI is InChI=1S/C26H32N4O5/c1-2-18-11-7-8-14-28(18)22(32)16-29-23-19-12-5-6-13-20(19)35-24(23)25(33)30(26(29)34)15-21(31)27-17-9-3-4-10-17/h5-6,12-13,17-18H,2-4,7-11,14-16H2,1H3,(H,27,31)/t18-/m1/s1. The van der Waals surface area contributed by atoms with Gasteiger partial charge in [-0.2, -0.15) is 0 Å². The van der Waals surface area contributed by atoms with Crippen LogP contribution in [-0.4, -0.2) is 44.5 Å². The third kappa shape index (κ3) is 4.39. The van der Waals surface area contributed by atoms with Crippen LogP contribution in [0.15, 0.2) is 38.3 Å². The molecule has 0 radical (unpaired) electrons. The lowest BCUT2D eigenvalue weighted by Crippen LogP contribution is -2.49. The zero-order chi connectivity index (χ0) is 24.5. The number of hydrogen-bond acceptors (Lipinski definition) is 5. The number of benzene rings is 1. The summed E-state index contributed by atoms with van der Waals surface area (Å²) in [6.07, 6.45) is 7.72. The van der Waals surface area contributed by atoms with E-state index in [1.165, 1.54) is 4.57 Å². The van der Waals surface area contributed by atoms with E-state index in [9.17, 15) is 19.2 Å². The second-order valence-electron chi connectivity index (χ2n) is 9.73. The highest BCUT2D eigenvalue weighted by Gasteiger charge is 2.28. The van der Waals surface area contributed by atoms with Crippen LogP contribution in [0.5, 0.6) is 0 Å². The van der Waals surface area contributed by atoms with Gasteiger partial charge in [0.25, 0.3) is 5.56 Å². The van der Waals surface area contributed by atoms with Gasteiger partial charge in [0.2, 0.25) is 17.4 Å². The van der Waals surface area contributed by atoms with Gasteiger partial charge in [-0.3, -0.25) is 19.0 Å². The lowest BCUT2D eigenvalue weighted by atomic mass is 10.00. The van der Waals surface area contributed by atoms with Crippen LogP contribution in [-0.2, 0) is 22.7 Å². The highest BCUT2D eigenvalue weighted by molar-refractivity contribution is 6.02. The molecular weight excluding hydrogens is 448 g/mol. The van der Waals surface area contributed by atoms with E-state index in [2.05, 4.69) is 12.2 Å². The van der Waals surface area contributed by atoms with Gasteiger partial charge in [-0.1, -0.05) is 31.9 Å². The minimum Gasteiger partial charge on any atom is -0.449 e. The number of nitrogens with zero attached hydrogens (tertiary/aromatic N) is 3. The number of piperidine rings is 1. The molecule has 0 spiro atoms. The number of fused-ring (bicyclic) bond motifs is 3. The van der Waals surface area contributed by atoms with Gasteiger partial charge in [0, 0.05) is 24.0 Å². The van der Waals surface area contributed by atoms with Crippen LogP contribution in [0.2, 0.25) is 0 Å². The first-order valence-corrected chi connectivity index (χ1v) is 12.7. The third-order valence-corrected chi connectivity index (χ3v) is 7.47. The third-order valence-electron chi connectivity index (χ3n) is 7.47. The fourth-order valence-electron chi connectivity index (χ4n) is 5.65. The molecule has 2 amide bonds. The number of rotatable bonds is 6. The highest BCUT2D eigenvalue weighted by Crippen LogP contribution is 2.26. The first kappa shape index (κ1) is 23.4.